The van der Waals surface area contributed by atoms with Gasteiger partial charge in [-0.3, -0.25) is 13.8 Å². The molecule has 0 radical (unpaired) electrons. The zero-order valence-corrected chi connectivity index (χ0v) is 18.7. The highest BCUT2D eigenvalue weighted by Gasteiger charge is 2.37. The highest BCUT2D eigenvalue weighted by atomic mass is 32.2. The molecule has 0 saturated carbocycles. The number of carbonyl (C=O) groups excluding carboxylic acids is 2. The summed E-state index contributed by atoms with van der Waals surface area (Å²) in [6, 6.07) is 9.31. The molecule has 2 aliphatic heterocycles. The molecule has 1 aromatic carbocycles. The third-order valence-electron chi connectivity index (χ3n) is 6.03. The van der Waals surface area contributed by atoms with Crippen molar-refractivity contribution in [1.29, 1.82) is 0 Å². The van der Waals surface area contributed by atoms with Crippen molar-refractivity contribution in [2.45, 2.75) is 63.6 Å². The first-order chi connectivity index (χ1) is 14.5. The van der Waals surface area contributed by atoms with Gasteiger partial charge in [0.15, 0.2) is 0 Å². The van der Waals surface area contributed by atoms with E-state index in [2.05, 4.69) is 16.7 Å². The summed E-state index contributed by atoms with van der Waals surface area (Å²) in [5.74, 6) is 0.751. The number of carbonyl (C=O) groups is 2. The molecule has 2 heterocycles. The molecule has 1 fully saturated rings. The molecule has 4 atom stereocenters. The van der Waals surface area contributed by atoms with Crippen molar-refractivity contribution < 1.29 is 13.8 Å². The van der Waals surface area contributed by atoms with Gasteiger partial charge < -0.3 is 15.5 Å². The molecular formula is C23H33N3O3S. The van der Waals surface area contributed by atoms with Crippen molar-refractivity contribution in [1.82, 2.24) is 15.5 Å². The lowest BCUT2D eigenvalue weighted by Gasteiger charge is -2.34. The highest BCUT2D eigenvalue weighted by molar-refractivity contribution is 7.85. The largest absolute Gasteiger partial charge is 0.343 e. The molecule has 0 bridgehead atoms. The number of aryl methyl sites for hydroxylation is 1. The topological polar surface area (TPSA) is 78.5 Å². The second-order valence-corrected chi connectivity index (χ2v) is 9.75. The molecule has 1 saturated heterocycles. The summed E-state index contributed by atoms with van der Waals surface area (Å²) in [6.45, 7) is 1.78. The van der Waals surface area contributed by atoms with Crippen molar-refractivity contribution >= 4 is 22.6 Å². The fraction of sp³-hybridized carbons (Fsp3) is 0.565. The molecule has 2 aliphatic rings. The molecule has 3 rings (SSSR count). The summed E-state index contributed by atoms with van der Waals surface area (Å²) >= 11 is 0. The van der Waals surface area contributed by atoms with Gasteiger partial charge in [-0.2, -0.15) is 0 Å². The predicted molar refractivity (Wildman–Crippen MR) is 120 cm³/mol. The van der Waals surface area contributed by atoms with Crippen LogP contribution in [-0.2, 0) is 26.8 Å². The smallest absolute Gasteiger partial charge is 0.249 e. The van der Waals surface area contributed by atoms with Crippen LogP contribution in [0.2, 0.25) is 0 Å². The Kier molecular flexibility index (Phi) is 8.22. The molecule has 2 N–H and O–H groups in total. The third kappa shape index (κ3) is 5.79. The van der Waals surface area contributed by atoms with E-state index < -0.39 is 16.8 Å². The Labute approximate surface area is 181 Å². The number of hydrogen-bond acceptors (Lipinski definition) is 4. The van der Waals surface area contributed by atoms with E-state index in [9.17, 15) is 13.8 Å². The van der Waals surface area contributed by atoms with Crippen LogP contribution in [0.4, 0.5) is 0 Å². The average molecular weight is 432 g/mol. The minimum atomic E-state index is -1.04. The second-order valence-electron chi connectivity index (χ2n) is 8.17. The summed E-state index contributed by atoms with van der Waals surface area (Å²) in [5.41, 5.74) is 2.03. The standard InChI is InChI=1S/C23H33N3O3S/c1-17(24-2)22(27)25-21-11-7-6-10-19-12-13-20(26(19)23(21)28)16-30(29)15-14-18-8-4-3-5-9-18/h3-5,8-9,13,17,19,21,24H,6-7,10-12,14-16H2,1-2H3,(H,25,27)/t17?,19-,21-,30?/m0/s1. The number of nitrogens with zero attached hydrogens (tertiary/aromatic N) is 1. The first-order valence-electron chi connectivity index (χ1n) is 10.9. The lowest BCUT2D eigenvalue weighted by atomic mass is 9.98. The van der Waals surface area contributed by atoms with Crippen LogP contribution in [0.3, 0.4) is 0 Å². The zero-order chi connectivity index (χ0) is 21.5. The van der Waals surface area contributed by atoms with Crippen LogP contribution < -0.4 is 10.6 Å². The third-order valence-corrected chi connectivity index (χ3v) is 7.31. The molecule has 2 unspecified atom stereocenters. The molecule has 164 valence electrons. The predicted octanol–water partition coefficient (Wildman–Crippen LogP) is 2.13. The van der Waals surface area contributed by atoms with Gasteiger partial charge in [0, 0.05) is 28.3 Å². The van der Waals surface area contributed by atoms with E-state index in [1.165, 1.54) is 5.56 Å². The molecule has 2 amide bonds. The van der Waals surface area contributed by atoms with E-state index in [1.54, 1.807) is 14.0 Å². The summed E-state index contributed by atoms with van der Waals surface area (Å²) in [5, 5.41) is 5.84. The fourth-order valence-corrected chi connectivity index (χ4v) is 5.30. The Morgan fingerprint density at radius 3 is 2.70 bits per heavy atom. The Balaban J connectivity index is 1.64. The Hall–Kier alpha value is -1.99. The number of likely N-dealkylation sites (N-methyl/N-ethyl adjacent to an activating group) is 1. The van der Waals surface area contributed by atoms with E-state index in [1.807, 2.05) is 35.2 Å². The van der Waals surface area contributed by atoms with Crippen LogP contribution >= 0.6 is 0 Å². The Bertz CT molecular complexity index is 796. The molecule has 0 spiro atoms. The molecule has 30 heavy (non-hydrogen) atoms. The molecule has 1 aromatic rings. The van der Waals surface area contributed by atoms with Crippen molar-refractivity contribution in [3.63, 3.8) is 0 Å². The maximum Gasteiger partial charge on any atom is 0.249 e. The van der Waals surface area contributed by atoms with Crippen molar-refractivity contribution in [3.05, 3.63) is 47.7 Å². The fourth-order valence-electron chi connectivity index (χ4n) is 4.10. The maximum absolute atomic E-state index is 13.3. The van der Waals surface area contributed by atoms with E-state index >= 15 is 0 Å². The van der Waals surface area contributed by atoms with Gasteiger partial charge in [-0.05, 0) is 45.2 Å². The van der Waals surface area contributed by atoms with Crippen LogP contribution in [0.25, 0.3) is 0 Å². The van der Waals surface area contributed by atoms with Crippen LogP contribution in [0.15, 0.2) is 42.1 Å². The van der Waals surface area contributed by atoms with Crippen LogP contribution in [0.1, 0.15) is 44.6 Å². The van der Waals surface area contributed by atoms with Gasteiger partial charge in [0.25, 0.3) is 0 Å². The Morgan fingerprint density at radius 2 is 1.97 bits per heavy atom. The second kappa shape index (κ2) is 10.9. The van der Waals surface area contributed by atoms with Crippen LogP contribution in [0, 0.1) is 0 Å². The monoisotopic (exact) mass is 431 g/mol. The minimum Gasteiger partial charge on any atom is -0.343 e. The SMILES string of the molecule is CNC(C)C(=O)N[C@H]1CCCC[C@H]2CC=C(CS(=O)CCc3ccccc3)N2C1=O. The molecule has 0 aliphatic carbocycles. The lowest BCUT2D eigenvalue weighted by Crippen LogP contribution is -2.54. The summed E-state index contributed by atoms with van der Waals surface area (Å²) in [7, 11) is 0.688. The first kappa shape index (κ1) is 22.7. The number of fused-ring (bicyclic) bond motifs is 1. The molecular weight excluding hydrogens is 398 g/mol. The molecule has 7 heteroatoms. The van der Waals surface area contributed by atoms with Gasteiger partial charge in [0.1, 0.15) is 6.04 Å². The average Bonchev–Trinajstić information content (AvgIpc) is 3.14. The normalized spacial score (nSPS) is 23.7. The van der Waals surface area contributed by atoms with E-state index in [0.717, 1.165) is 37.8 Å². The number of nitrogens with one attached hydrogen (secondary N) is 2. The van der Waals surface area contributed by atoms with Crippen molar-refractivity contribution in [2.24, 2.45) is 0 Å². The van der Waals surface area contributed by atoms with Crippen LogP contribution in [-0.4, -0.2) is 57.6 Å². The number of amides is 2. The first-order valence-corrected chi connectivity index (χ1v) is 12.4. The number of benzene rings is 1. The van der Waals surface area contributed by atoms with Gasteiger partial charge in [0.05, 0.1) is 11.8 Å². The van der Waals surface area contributed by atoms with Gasteiger partial charge in [-0.15, -0.1) is 0 Å². The lowest BCUT2D eigenvalue weighted by molar-refractivity contribution is -0.137. The quantitative estimate of drug-likeness (QED) is 0.661. The molecule has 0 aromatic heterocycles. The van der Waals surface area contributed by atoms with Crippen molar-refractivity contribution in [3.8, 4) is 0 Å². The van der Waals surface area contributed by atoms with Crippen molar-refractivity contribution in [2.75, 3.05) is 18.6 Å². The number of hydrogen-bond donors (Lipinski definition) is 2. The highest BCUT2D eigenvalue weighted by Crippen LogP contribution is 2.30. The van der Waals surface area contributed by atoms with Gasteiger partial charge in [0.2, 0.25) is 11.8 Å². The maximum atomic E-state index is 13.3. The van der Waals surface area contributed by atoms with E-state index in [0.29, 0.717) is 17.9 Å². The van der Waals surface area contributed by atoms with Crippen LogP contribution in [0.5, 0.6) is 0 Å². The Morgan fingerprint density at radius 1 is 1.23 bits per heavy atom. The zero-order valence-electron chi connectivity index (χ0n) is 17.9. The minimum absolute atomic E-state index is 0.0554. The summed E-state index contributed by atoms with van der Waals surface area (Å²) in [4.78, 5) is 27.5. The van der Waals surface area contributed by atoms with Gasteiger partial charge in [-0.1, -0.05) is 49.2 Å². The van der Waals surface area contributed by atoms with E-state index in [-0.39, 0.29) is 23.9 Å². The number of rotatable bonds is 8. The summed E-state index contributed by atoms with van der Waals surface area (Å²) < 4.78 is 12.7. The summed E-state index contributed by atoms with van der Waals surface area (Å²) in [6.07, 6.45) is 7.20. The van der Waals surface area contributed by atoms with E-state index in [4.69, 9.17) is 0 Å². The van der Waals surface area contributed by atoms with Gasteiger partial charge >= 0.3 is 0 Å². The molecule has 6 nitrogen and oxygen atoms in total. The van der Waals surface area contributed by atoms with Gasteiger partial charge in [-0.25, -0.2) is 0 Å².